The molecular formula is C25H21ClN2O6. The number of carbonyl (C=O) groups is 1. The molecular weight excluding hydrogens is 460 g/mol. The molecule has 0 bridgehead atoms. The Hall–Kier alpha value is -3.91. The molecule has 5 rings (SSSR count). The number of fused-ring (bicyclic) bond motifs is 2. The highest BCUT2D eigenvalue weighted by Crippen LogP contribution is 2.41. The van der Waals surface area contributed by atoms with Gasteiger partial charge in [0, 0.05) is 16.8 Å². The molecule has 2 aliphatic heterocycles. The highest BCUT2D eigenvalue weighted by molar-refractivity contribution is 6.30. The Balaban J connectivity index is 1.66. The van der Waals surface area contributed by atoms with Gasteiger partial charge in [0.15, 0.2) is 11.5 Å². The first-order valence-electron chi connectivity index (χ1n) is 10.5. The number of halogens is 1. The van der Waals surface area contributed by atoms with Crippen molar-refractivity contribution in [2.75, 3.05) is 13.9 Å². The van der Waals surface area contributed by atoms with Crippen LogP contribution >= 0.6 is 11.6 Å². The fourth-order valence-corrected chi connectivity index (χ4v) is 4.43. The Labute approximate surface area is 200 Å². The second-order valence-corrected chi connectivity index (χ2v) is 8.44. The van der Waals surface area contributed by atoms with Gasteiger partial charge in [0.25, 0.3) is 5.56 Å². The molecule has 3 aromatic rings. The molecule has 0 spiro atoms. The van der Waals surface area contributed by atoms with Crippen LogP contribution in [0.2, 0.25) is 5.02 Å². The number of benzene rings is 2. The van der Waals surface area contributed by atoms with Crippen LogP contribution in [-0.4, -0.2) is 24.4 Å². The Kier molecular flexibility index (Phi) is 5.45. The molecule has 174 valence electrons. The monoisotopic (exact) mass is 480 g/mol. The number of nitrogens with zero attached hydrogens (tertiary/aromatic N) is 1. The summed E-state index contributed by atoms with van der Waals surface area (Å²) in [5.41, 5.74) is 8.38. The van der Waals surface area contributed by atoms with Gasteiger partial charge in [0.1, 0.15) is 11.3 Å². The molecule has 1 atom stereocenters. The second kappa shape index (κ2) is 8.46. The third-order valence-corrected chi connectivity index (χ3v) is 6.21. The van der Waals surface area contributed by atoms with E-state index in [0.717, 1.165) is 5.56 Å². The van der Waals surface area contributed by atoms with Crippen LogP contribution < -0.4 is 25.5 Å². The van der Waals surface area contributed by atoms with Crippen LogP contribution in [0, 0.1) is 6.92 Å². The molecule has 0 radical (unpaired) electrons. The van der Waals surface area contributed by atoms with Gasteiger partial charge in [-0.3, -0.25) is 4.79 Å². The van der Waals surface area contributed by atoms with Gasteiger partial charge in [0.05, 0.1) is 25.1 Å². The lowest BCUT2D eigenvalue weighted by Crippen LogP contribution is -2.35. The first-order valence-corrected chi connectivity index (χ1v) is 10.9. The van der Waals surface area contributed by atoms with E-state index in [-0.39, 0.29) is 30.4 Å². The second-order valence-electron chi connectivity index (χ2n) is 8.00. The minimum atomic E-state index is -0.787. The molecule has 2 N–H and O–H groups in total. The Bertz CT molecular complexity index is 1390. The highest BCUT2D eigenvalue weighted by Gasteiger charge is 2.38. The summed E-state index contributed by atoms with van der Waals surface area (Å²) in [6, 6.07) is 14.2. The molecule has 2 aromatic carbocycles. The third kappa shape index (κ3) is 3.66. The van der Waals surface area contributed by atoms with Gasteiger partial charge in [-0.2, -0.15) is 0 Å². The van der Waals surface area contributed by atoms with E-state index in [4.69, 9.17) is 36.3 Å². The van der Waals surface area contributed by atoms with Crippen molar-refractivity contribution in [3.63, 3.8) is 0 Å². The summed E-state index contributed by atoms with van der Waals surface area (Å²) in [4.78, 5) is 26.6. The van der Waals surface area contributed by atoms with Crippen LogP contribution in [0.5, 0.6) is 17.2 Å². The topological polar surface area (TPSA) is 102 Å². The molecule has 0 saturated carbocycles. The minimum absolute atomic E-state index is 0.0629. The van der Waals surface area contributed by atoms with Crippen molar-refractivity contribution in [3.8, 4) is 17.2 Å². The van der Waals surface area contributed by atoms with Gasteiger partial charge in [-0.15, -0.1) is 0 Å². The lowest BCUT2D eigenvalue weighted by Gasteiger charge is -2.29. The summed E-state index contributed by atoms with van der Waals surface area (Å²) in [5, 5.41) is 0.525. The first kappa shape index (κ1) is 21.9. The lowest BCUT2D eigenvalue weighted by atomic mass is 9.83. The Morgan fingerprint density at radius 3 is 2.59 bits per heavy atom. The van der Waals surface area contributed by atoms with Gasteiger partial charge in [-0.1, -0.05) is 29.8 Å². The summed E-state index contributed by atoms with van der Waals surface area (Å²) < 4.78 is 23.2. The van der Waals surface area contributed by atoms with Crippen molar-refractivity contribution >= 4 is 17.6 Å². The SMILES string of the molecule is COC(=O)C1=C(N)Oc2cc(C)n(Cc3ccc4c(c3)OCO4)c(=O)c2[C@@H]1c1ccc(Cl)cc1. The number of aromatic nitrogens is 1. The van der Waals surface area contributed by atoms with Crippen LogP contribution in [0.4, 0.5) is 0 Å². The summed E-state index contributed by atoms with van der Waals surface area (Å²) in [5.74, 6) is 0.0288. The predicted molar refractivity (Wildman–Crippen MR) is 124 cm³/mol. The number of nitrogens with two attached hydrogens (primary N) is 1. The number of hydrogen-bond donors (Lipinski definition) is 1. The fraction of sp³-hybridized carbons (Fsp3) is 0.200. The van der Waals surface area contributed by atoms with Gasteiger partial charge in [-0.05, 0) is 42.3 Å². The maximum absolute atomic E-state index is 13.9. The van der Waals surface area contributed by atoms with E-state index < -0.39 is 11.9 Å². The lowest BCUT2D eigenvalue weighted by molar-refractivity contribution is -0.136. The summed E-state index contributed by atoms with van der Waals surface area (Å²) >= 11 is 6.08. The van der Waals surface area contributed by atoms with Crippen molar-refractivity contribution in [2.45, 2.75) is 19.4 Å². The van der Waals surface area contributed by atoms with Crippen LogP contribution in [0.15, 0.2) is 64.8 Å². The number of carbonyl (C=O) groups excluding carboxylic acids is 1. The zero-order valence-electron chi connectivity index (χ0n) is 18.5. The van der Waals surface area contributed by atoms with E-state index in [0.29, 0.717) is 39.1 Å². The van der Waals surface area contributed by atoms with E-state index in [2.05, 4.69) is 0 Å². The van der Waals surface area contributed by atoms with Gasteiger partial charge >= 0.3 is 5.97 Å². The quantitative estimate of drug-likeness (QED) is 0.570. The third-order valence-electron chi connectivity index (χ3n) is 5.96. The largest absolute Gasteiger partial charge is 0.465 e. The Morgan fingerprint density at radius 2 is 1.85 bits per heavy atom. The smallest absolute Gasteiger partial charge is 0.340 e. The van der Waals surface area contributed by atoms with E-state index >= 15 is 0 Å². The highest BCUT2D eigenvalue weighted by atomic mass is 35.5. The van der Waals surface area contributed by atoms with Crippen LogP contribution in [0.1, 0.15) is 28.3 Å². The number of hydrogen-bond acceptors (Lipinski definition) is 7. The molecule has 0 fully saturated rings. The predicted octanol–water partition coefficient (Wildman–Crippen LogP) is 3.45. The molecule has 1 aromatic heterocycles. The van der Waals surface area contributed by atoms with Crippen LogP contribution in [-0.2, 0) is 16.1 Å². The van der Waals surface area contributed by atoms with Crippen molar-refractivity contribution < 1.29 is 23.7 Å². The van der Waals surface area contributed by atoms with Crippen molar-refractivity contribution in [2.24, 2.45) is 5.73 Å². The number of methoxy groups -OCH3 is 1. The molecule has 0 aliphatic carbocycles. The number of esters is 1. The normalized spacial score (nSPS) is 16.1. The summed E-state index contributed by atoms with van der Waals surface area (Å²) in [7, 11) is 1.25. The summed E-state index contributed by atoms with van der Waals surface area (Å²) in [6.07, 6.45) is 0. The van der Waals surface area contributed by atoms with E-state index in [1.54, 1.807) is 34.9 Å². The first-order chi connectivity index (χ1) is 16.4. The zero-order valence-corrected chi connectivity index (χ0v) is 19.2. The zero-order chi connectivity index (χ0) is 24.0. The van der Waals surface area contributed by atoms with Crippen molar-refractivity contribution in [1.82, 2.24) is 4.57 Å². The Morgan fingerprint density at radius 1 is 1.12 bits per heavy atom. The average Bonchev–Trinajstić information content (AvgIpc) is 3.29. The minimum Gasteiger partial charge on any atom is -0.465 e. The molecule has 0 unspecified atom stereocenters. The molecule has 3 heterocycles. The van der Waals surface area contributed by atoms with E-state index in [1.807, 2.05) is 25.1 Å². The average molecular weight is 481 g/mol. The molecule has 8 nitrogen and oxygen atoms in total. The number of pyridine rings is 1. The standard InChI is InChI=1S/C25H21ClN2O6/c1-13-9-19-21(24(29)28(13)11-14-3-8-17-18(10-14)33-12-32-17)20(15-4-6-16(26)7-5-15)22(23(27)34-19)25(30)31-2/h3-10,20H,11-12,27H2,1-2H3/t20-/m0/s1. The van der Waals surface area contributed by atoms with Crippen molar-refractivity contribution in [3.05, 3.63) is 97.7 Å². The molecule has 2 aliphatic rings. The molecule has 0 saturated heterocycles. The number of aryl methyl sites for hydroxylation is 1. The maximum Gasteiger partial charge on any atom is 0.340 e. The van der Waals surface area contributed by atoms with Gasteiger partial charge < -0.3 is 29.2 Å². The molecule has 0 amide bonds. The summed E-state index contributed by atoms with van der Waals surface area (Å²) in [6.45, 7) is 2.26. The van der Waals surface area contributed by atoms with Crippen LogP contribution in [0.25, 0.3) is 0 Å². The fourth-order valence-electron chi connectivity index (χ4n) is 4.30. The van der Waals surface area contributed by atoms with E-state index in [1.165, 1.54) is 7.11 Å². The van der Waals surface area contributed by atoms with Gasteiger partial charge in [0.2, 0.25) is 12.7 Å². The van der Waals surface area contributed by atoms with E-state index in [9.17, 15) is 9.59 Å². The van der Waals surface area contributed by atoms with Gasteiger partial charge in [-0.25, -0.2) is 4.79 Å². The maximum atomic E-state index is 13.9. The molecule has 34 heavy (non-hydrogen) atoms. The molecule has 9 heteroatoms. The van der Waals surface area contributed by atoms with Crippen LogP contribution in [0.3, 0.4) is 0 Å². The number of ether oxygens (including phenoxy) is 4. The number of rotatable bonds is 4. The van der Waals surface area contributed by atoms with Crippen molar-refractivity contribution in [1.29, 1.82) is 0 Å².